The van der Waals surface area contributed by atoms with Gasteiger partial charge in [0.2, 0.25) is 5.91 Å². The third-order valence-corrected chi connectivity index (χ3v) is 5.17. The molecule has 0 atom stereocenters. The average molecular weight is 288 g/mol. The van der Waals surface area contributed by atoms with Gasteiger partial charge in [0, 0.05) is 16.3 Å². The Morgan fingerprint density at radius 2 is 2.05 bits per heavy atom. The number of thiophene rings is 1. The highest BCUT2D eigenvalue weighted by atomic mass is 32.1. The molecule has 0 aliphatic heterocycles. The molecule has 1 aliphatic carbocycles. The summed E-state index contributed by atoms with van der Waals surface area (Å²) in [6, 6.07) is 8.19. The first kappa shape index (κ1) is 13.6. The van der Waals surface area contributed by atoms with Crippen molar-refractivity contribution in [3.8, 4) is 0 Å². The van der Waals surface area contributed by atoms with E-state index in [2.05, 4.69) is 28.9 Å². The van der Waals surface area contributed by atoms with Crippen LogP contribution in [0.3, 0.4) is 0 Å². The van der Waals surface area contributed by atoms with E-state index in [-0.39, 0.29) is 11.8 Å². The molecule has 0 spiro atoms. The summed E-state index contributed by atoms with van der Waals surface area (Å²) in [7, 11) is 0. The normalized spacial score (nSPS) is 22.9. The van der Waals surface area contributed by atoms with Gasteiger partial charge in [0.1, 0.15) is 0 Å². The van der Waals surface area contributed by atoms with Gasteiger partial charge in [-0.05, 0) is 73.2 Å². The molecule has 1 fully saturated rings. The van der Waals surface area contributed by atoms with Crippen LogP contribution in [0.5, 0.6) is 0 Å². The Morgan fingerprint density at radius 1 is 1.25 bits per heavy atom. The van der Waals surface area contributed by atoms with E-state index in [1.54, 1.807) is 11.3 Å². The van der Waals surface area contributed by atoms with Gasteiger partial charge in [-0.1, -0.05) is 0 Å². The number of rotatable bonds is 3. The summed E-state index contributed by atoms with van der Waals surface area (Å²) >= 11 is 1.72. The van der Waals surface area contributed by atoms with Gasteiger partial charge >= 0.3 is 0 Å². The minimum atomic E-state index is 0.149. The van der Waals surface area contributed by atoms with E-state index < -0.39 is 0 Å². The number of fused-ring (bicyclic) bond motifs is 1. The molecule has 0 unspecified atom stereocenters. The van der Waals surface area contributed by atoms with Crippen molar-refractivity contribution in [3.05, 3.63) is 29.6 Å². The molecule has 1 amide bonds. The van der Waals surface area contributed by atoms with Crippen molar-refractivity contribution in [1.82, 2.24) is 0 Å². The summed E-state index contributed by atoms with van der Waals surface area (Å²) in [5.74, 6) is 0.923. The molecule has 3 nitrogen and oxygen atoms in total. The maximum Gasteiger partial charge on any atom is 0.227 e. The van der Waals surface area contributed by atoms with Crippen molar-refractivity contribution in [2.75, 3.05) is 11.9 Å². The lowest BCUT2D eigenvalue weighted by Crippen LogP contribution is -2.29. The molecular formula is C16H20N2OS. The smallest absolute Gasteiger partial charge is 0.227 e. The average Bonchev–Trinajstić information content (AvgIpc) is 2.95. The Kier molecular flexibility index (Phi) is 4.03. The molecule has 0 radical (unpaired) electrons. The van der Waals surface area contributed by atoms with Crippen LogP contribution in [-0.4, -0.2) is 12.5 Å². The van der Waals surface area contributed by atoms with Crippen LogP contribution in [-0.2, 0) is 4.79 Å². The van der Waals surface area contributed by atoms with E-state index in [4.69, 9.17) is 5.73 Å². The molecule has 3 rings (SSSR count). The second kappa shape index (κ2) is 5.94. The van der Waals surface area contributed by atoms with Crippen molar-refractivity contribution >= 4 is 33.0 Å². The molecule has 0 bridgehead atoms. The zero-order valence-corrected chi connectivity index (χ0v) is 12.3. The fraction of sp³-hybridized carbons (Fsp3) is 0.438. The molecule has 0 saturated heterocycles. The van der Waals surface area contributed by atoms with Gasteiger partial charge in [0.05, 0.1) is 0 Å². The van der Waals surface area contributed by atoms with Gasteiger partial charge in [-0.2, -0.15) is 0 Å². The first-order chi connectivity index (χ1) is 9.76. The quantitative estimate of drug-likeness (QED) is 0.906. The number of benzene rings is 1. The zero-order chi connectivity index (χ0) is 13.9. The second-order valence-electron chi connectivity index (χ2n) is 5.62. The van der Waals surface area contributed by atoms with Crippen LogP contribution < -0.4 is 11.1 Å². The van der Waals surface area contributed by atoms with Crippen LogP contribution in [0, 0.1) is 11.8 Å². The molecule has 1 heterocycles. The van der Waals surface area contributed by atoms with E-state index in [9.17, 15) is 4.79 Å². The summed E-state index contributed by atoms with van der Waals surface area (Å²) in [6.45, 7) is 0.753. The highest BCUT2D eigenvalue weighted by Gasteiger charge is 2.25. The molecule has 3 N–H and O–H groups in total. The third-order valence-electron chi connectivity index (χ3n) is 4.27. The van der Waals surface area contributed by atoms with Crippen LogP contribution >= 0.6 is 11.3 Å². The highest BCUT2D eigenvalue weighted by molar-refractivity contribution is 7.17. The number of nitrogens with two attached hydrogens (primary N) is 1. The van der Waals surface area contributed by atoms with Gasteiger partial charge in [0.15, 0.2) is 0 Å². The molecule has 1 aromatic heterocycles. The largest absolute Gasteiger partial charge is 0.330 e. The maximum atomic E-state index is 12.3. The van der Waals surface area contributed by atoms with Gasteiger partial charge < -0.3 is 11.1 Å². The number of nitrogens with one attached hydrogen (secondary N) is 1. The SMILES string of the molecule is NCC1CCC(C(=O)Nc2ccc3sccc3c2)CC1. The maximum absolute atomic E-state index is 12.3. The Bertz CT molecular complexity index is 599. The predicted octanol–water partition coefficient (Wildman–Crippen LogP) is 3.60. The fourth-order valence-corrected chi connectivity index (χ4v) is 3.72. The van der Waals surface area contributed by atoms with Crippen molar-refractivity contribution in [2.45, 2.75) is 25.7 Å². The van der Waals surface area contributed by atoms with Crippen LogP contribution in [0.25, 0.3) is 10.1 Å². The van der Waals surface area contributed by atoms with Gasteiger partial charge in [-0.25, -0.2) is 0 Å². The minimum Gasteiger partial charge on any atom is -0.330 e. The lowest BCUT2D eigenvalue weighted by molar-refractivity contribution is -0.121. The van der Waals surface area contributed by atoms with Crippen LogP contribution in [0.4, 0.5) is 5.69 Å². The van der Waals surface area contributed by atoms with E-state index >= 15 is 0 Å². The molecule has 1 saturated carbocycles. The lowest BCUT2D eigenvalue weighted by atomic mass is 9.81. The summed E-state index contributed by atoms with van der Waals surface area (Å²) in [6.07, 6.45) is 4.10. The second-order valence-corrected chi connectivity index (χ2v) is 6.56. The Morgan fingerprint density at radius 3 is 2.80 bits per heavy atom. The van der Waals surface area contributed by atoms with Crippen LogP contribution in [0.2, 0.25) is 0 Å². The highest BCUT2D eigenvalue weighted by Crippen LogP contribution is 2.30. The van der Waals surface area contributed by atoms with Crippen LogP contribution in [0.1, 0.15) is 25.7 Å². The summed E-state index contributed by atoms with van der Waals surface area (Å²) < 4.78 is 1.26. The number of carbonyl (C=O) groups excluding carboxylic acids is 1. The van der Waals surface area contributed by atoms with Gasteiger partial charge in [0.25, 0.3) is 0 Å². The Hall–Kier alpha value is -1.39. The first-order valence-corrected chi connectivity index (χ1v) is 8.12. The zero-order valence-electron chi connectivity index (χ0n) is 11.5. The van der Waals surface area contributed by atoms with Crippen molar-refractivity contribution in [3.63, 3.8) is 0 Å². The van der Waals surface area contributed by atoms with Crippen LogP contribution in [0.15, 0.2) is 29.6 Å². The Balaban J connectivity index is 1.63. The molecular weight excluding hydrogens is 268 g/mol. The molecule has 106 valence electrons. The van der Waals surface area contributed by atoms with Crippen molar-refractivity contribution < 1.29 is 4.79 Å². The van der Waals surface area contributed by atoms with E-state index in [0.29, 0.717) is 5.92 Å². The first-order valence-electron chi connectivity index (χ1n) is 7.24. The number of anilines is 1. The number of hydrogen-bond donors (Lipinski definition) is 2. The monoisotopic (exact) mass is 288 g/mol. The Labute approximate surface area is 123 Å². The molecule has 1 aromatic carbocycles. The number of carbonyl (C=O) groups is 1. The summed E-state index contributed by atoms with van der Waals surface area (Å²) in [4.78, 5) is 12.3. The molecule has 4 heteroatoms. The summed E-state index contributed by atoms with van der Waals surface area (Å²) in [5, 5.41) is 6.33. The van der Waals surface area contributed by atoms with E-state index in [0.717, 1.165) is 37.9 Å². The number of hydrogen-bond acceptors (Lipinski definition) is 3. The van der Waals surface area contributed by atoms with Crippen molar-refractivity contribution in [1.29, 1.82) is 0 Å². The fourth-order valence-electron chi connectivity index (χ4n) is 2.95. The standard InChI is InChI=1S/C16H20N2OS/c17-10-11-1-3-12(4-2-11)16(19)18-14-5-6-15-13(9-14)7-8-20-15/h5-9,11-12H,1-4,10,17H2,(H,18,19). The topological polar surface area (TPSA) is 55.1 Å². The predicted molar refractivity (Wildman–Crippen MR) is 85.0 cm³/mol. The molecule has 20 heavy (non-hydrogen) atoms. The van der Waals surface area contributed by atoms with Gasteiger partial charge in [-0.15, -0.1) is 11.3 Å². The van der Waals surface area contributed by atoms with Crippen molar-refractivity contribution in [2.24, 2.45) is 17.6 Å². The van der Waals surface area contributed by atoms with Gasteiger partial charge in [-0.3, -0.25) is 4.79 Å². The van der Waals surface area contributed by atoms with E-state index in [1.165, 1.54) is 10.1 Å². The minimum absolute atomic E-state index is 0.149. The lowest BCUT2D eigenvalue weighted by Gasteiger charge is -2.26. The molecule has 2 aromatic rings. The number of amides is 1. The van der Waals surface area contributed by atoms with E-state index in [1.807, 2.05) is 6.07 Å². The molecule has 1 aliphatic rings. The summed E-state index contributed by atoms with van der Waals surface area (Å²) in [5.41, 5.74) is 6.60. The third kappa shape index (κ3) is 2.86.